The molecule has 0 aromatic rings. The number of rotatable bonds is 6. The molecule has 0 aromatic carbocycles. The summed E-state index contributed by atoms with van der Waals surface area (Å²) in [5.41, 5.74) is 5.29. The van der Waals surface area contributed by atoms with Crippen LogP contribution in [0.4, 0.5) is 0 Å². The standard InChI is InChI=1S/C17H29NO6/c1-5-12(24-16(22)17(2,3)4)23-15(21)13(18)10-6-8-11(9-7-10)14(19)20/h10-13H,5-9,18H2,1-4H3,(H,19,20)/t10-,11-,12?,13?. The molecule has 0 bridgehead atoms. The first kappa shape index (κ1) is 20.4. The van der Waals surface area contributed by atoms with Crippen molar-refractivity contribution in [1.82, 2.24) is 0 Å². The molecule has 0 aliphatic heterocycles. The van der Waals surface area contributed by atoms with Gasteiger partial charge in [0.2, 0.25) is 6.29 Å². The topological polar surface area (TPSA) is 116 Å². The minimum absolute atomic E-state index is 0.107. The lowest BCUT2D eigenvalue weighted by atomic mass is 9.79. The summed E-state index contributed by atoms with van der Waals surface area (Å²) in [4.78, 5) is 35.1. The number of nitrogens with two attached hydrogens (primary N) is 1. The molecule has 3 N–H and O–H groups in total. The van der Waals surface area contributed by atoms with Gasteiger partial charge in [-0.15, -0.1) is 0 Å². The molecule has 0 radical (unpaired) electrons. The Morgan fingerprint density at radius 3 is 2.08 bits per heavy atom. The Labute approximate surface area is 142 Å². The lowest BCUT2D eigenvalue weighted by Gasteiger charge is -2.30. The van der Waals surface area contributed by atoms with Gasteiger partial charge in [-0.1, -0.05) is 6.92 Å². The molecule has 7 nitrogen and oxygen atoms in total. The average molecular weight is 343 g/mol. The SMILES string of the molecule is CCC(OC(=O)C(N)[C@H]1CC[C@H](C(=O)O)CC1)OC(=O)C(C)(C)C. The first-order valence-corrected chi connectivity index (χ1v) is 8.46. The van der Waals surface area contributed by atoms with E-state index in [0.29, 0.717) is 32.1 Å². The van der Waals surface area contributed by atoms with Crippen LogP contribution in [-0.2, 0) is 23.9 Å². The maximum absolute atomic E-state index is 12.2. The summed E-state index contributed by atoms with van der Waals surface area (Å²) in [7, 11) is 0. The third-order valence-corrected chi connectivity index (χ3v) is 4.33. The molecular weight excluding hydrogens is 314 g/mol. The van der Waals surface area contributed by atoms with E-state index < -0.39 is 35.7 Å². The van der Waals surface area contributed by atoms with E-state index in [2.05, 4.69) is 0 Å². The van der Waals surface area contributed by atoms with E-state index in [1.807, 2.05) is 0 Å². The molecule has 0 saturated heterocycles. The number of carboxylic acid groups (broad SMARTS) is 1. The summed E-state index contributed by atoms with van der Waals surface area (Å²) < 4.78 is 10.4. The van der Waals surface area contributed by atoms with Gasteiger partial charge in [-0.3, -0.25) is 14.4 Å². The number of hydrogen-bond acceptors (Lipinski definition) is 6. The van der Waals surface area contributed by atoms with Gasteiger partial charge in [0.1, 0.15) is 6.04 Å². The van der Waals surface area contributed by atoms with E-state index in [9.17, 15) is 14.4 Å². The number of carboxylic acids is 1. The van der Waals surface area contributed by atoms with Crippen molar-refractivity contribution in [3.63, 3.8) is 0 Å². The molecule has 138 valence electrons. The van der Waals surface area contributed by atoms with Crippen LogP contribution in [0, 0.1) is 17.3 Å². The van der Waals surface area contributed by atoms with Crippen molar-refractivity contribution < 1.29 is 29.0 Å². The lowest BCUT2D eigenvalue weighted by Crippen LogP contribution is -2.43. The van der Waals surface area contributed by atoms with E-state index in [4.69, 9.17) is 20.3 Å². The number of hydrogen-bond donors (Lipinski definition) is 2. The average Bonchev–Trinajstić information content (AvgIpc) is 2.52. The van der Waals surface area contributed by atoms with Crippen LogP contribution in [-0.4, -0.2) is 35.3 Å². The first-order valence-electron chi connectivity index (χ1n) is 8.46. The molecule has 0 amide bonds. The molecule has 1 saturated carbocycles. The van der Waals surface area contributed by atoms with Crippen LogP contribution in [0.15, 0.2) is 0 Å². The Hall–Kier alpha value is -1.63. The molecule has 1 rings (SSSR count). The first-order chi connectivity index (χ1) is 11.1. The highest BCUT2D eigenvalue weighted by Crippen LogP contribution is 2.31. The van der Waals surface area contributed by atoms with Crippen molar-refractivity contribution in [2.24, 2.45) is 23.0 Å². The van der Waals surface area contributed by atoms with Gasteiger partial charge in [-0.05, 0) is 52.4 Å². The van der Waals surface area contributed by atoms with Crippen LogP contribution in [0.25, 0.3) is 0 Å². The highest BCUT2D eigenvalue weighted by Gasteiger charge is 2.34. The highest BCUT2D eigenvalue weighted by atomic mass is 16.7. The zero-order valence-electron chi connectivity index (χ0n) is 14.9. The number of carbonyl (C=O) groups excluding carboxylic acids is 2. The monoisotopic (exact) mass is 343 g/mol. The molecule has 1 aliphatic rings. The molecule has 1 aliphatic carbocycles. The van der Waals surface area contributed by atoms with Gasteiger partial charge in [0.05, 0.1) is 11.3 Å². The fourth-order valence-corrected chi connectivity index (χ4v) is 2.61. The molecule has 24 heavy (non-hydrogen) atoms. The maximum atomic E-state index is 12.2. The molecule has 0 heterocycles. The van der Waals surface area contributed by atoms with E-state index in [-0.39, 0.29) is 11.8 Å². The van der Waals surface area contributed by atoms with Crippen molar-refractivity contribution in [1.29, 1.82) is 0 Å². The maximum Gasteiger partial charge on any atom is 0.326 e. The fourth-order valence-electron chi connectivity index (χ4n) is 2.61. The summed E-state index contributed by atoms with van der Waals surface area (Å²) in [6, 6.07) is -0.831. The summed E-state index contributed by atoms with van der Waals surface area (Å²) in [5.74, 6) is -2.32. The van der Waals surface area contributed by atoms with Crippen LogP contribution >= 0.6 is 0 Å². The largest absolute Gasteiger partial charge is 0.481 e. The van der Waals surface area contributed by atoms with Crippen molar-refractivity contribution in [3.8, 4) is 0 Å². The van der Waals surface area contributed by atoms with Gasteiger partial charge in [-0.2, -0.15) is 0 Å². The molecule has 2 atom stereocenters. The number of carbonyl (C=O) groups is 3. The molecule has 2 unspecified atom stereocenters. The van der Waals surface area contributed by atoms with Gasteiger partial charge in [0.15, 0.2) is 0 Å². The third kappa shape index (κ3) is 5.78. The third-order valence-electron chi connectivity index (χ3n) is 4.33. The summed E-state index contributed by atoms with van der Waals surface area (Å²) >= 11 is 0. The summed E-state index contributed by atoms with van der Waals surface area (Å²) in [6.07, 6.45) is 1.56. The van der Waals surface area contributed by atoms with E-state index >= 15 is 0 Å². The fraction of sp³-hybridized carbons (Fsp3) is 0.824. The lowest BCUT2D eigenvalue weighted by molar-refractivity contribution is -0.195. The zero-order valence-corrected chi connectivity index (χ0v) is 14.9. The molecule has 0 aromatic heterocycles. The van der Waals surface area contributed by atoms with Crippen LogP contribution in [0.5, 0.6) is 0 Å². The Kier molecular flexibility index (Phi) is 7.20. The minimum Gasteiger partial charge on any atom is -0.481 e. The van der Waals surface area contributed by atoms with Gasteiger partial charge in [0.25, 0.3) is 0 Å². The summed E-state index contributed by atoms with van der Waals surface area (Å²) in [6.45, 7) is 6.90. The Morgan fingerprint density at radius 2 is 1.67 bits per heavy atom. The predicted octanol–water partition coefficient (Wildman–Crippen LogP) is 2.07. The zero-order chi connectivity index (χ0) is 18.5. The summed E-state index contributed by atoms with van der Waals surface area (Å²) in [5, 5.41) is 9.00. The van der Waals surface area contributed by atoms with Gasteiger partial charge in [0, 0.05) is 6.42 Å². The van der Waals surface area contributed by atoms with Crippen molar-refractivity contribution >= 4 is 17.9 Å². The quantitative estimate of drug-likeness (QED) is 0.560. The predicted molar refractivity (Wildman–Crippen MR) is 86.8 cm³/mol. The van der Waals surface area contributed by atoms with E-state index in [0.717, 1.165) is 0 Å². The van der Waals surface area contributed by atoms with Gasteiger partial charge in [-0.25, -0.2) is 0 Å². The van der Waals surface area contributed by atoms with Gasteiger partial charge >= 0.3 is 17.9 Å². The second-order valence-electron chi connectivity index (χ2n) is 7.41. The molecule has 0 spiro atoms. The van der Waals surface area contributed by atoms with Crippen molar-refractivity contribution in [2.75, 3.05) is 0 Å². The van der Waals surface area contributed by atoms with E-state index in [1.54, 1.807) is 27.7 Å². The van der Waals surface area contributed by atoms with Crippen LogP contribution in [0.1, 0.15) is 59.8 Å². The molecular formula is C17H29NO6. The van der Waals surface area contributed by atoms with Crippen LogP contribution in [0.3, 0.4) is 0 Å². The number of esters is 2. The highest BCUT2D eigenvalue weighted by molar-refractivity contribution is 5.77. The van der Waals surface area contributed by atoms with E-state index in [1.165, 1.54) is 0 Å². The van der Waals surface area contributed by atoms with Crippen molar-refractivity contribution in [2.45, 2.75) is 72.1 Å². The van der Waals surface area contributed by atoms with Crippen LogP contribution in [0.2, 0.25) is 0 Å². The Morgan fingerprint density at radius 1 is 1.12 bits per heavy atom. The van der Waals surface area contributed by atoms with Crippen molar-refractivity contribution in [3.05, 3.63) is 0 Å². The number of ether oxygens (including phenoxy) is 2. The van der Waals surface area contributed by atoms with Crippen LogP contribution < -0.4 is 5.73 Å². The normalized spacial score (nSPS) is 23.9. The number of aliphatic carboxylic acids is 1. The second kappa shape index (κ2) is 8.46. The second-order valence-corrected chi connectivity index (χ2v) is 7.41. The molecule has 7 heteroatoms. The smallest absolute Gasteiger partial charge is 0.326 e. The Balaban J connectivity index is 2.53. The minimum atomic E-state index is -0.953. The Bertz CT molecular complexity index is 462. The molecule has 1 fully saturated rings. The van der Waals surface area contributed by atoms with Gasteiger partial charge < -0.3 is 20.3 Å².